The molecule has 1 heterocycles. The molecule has 2 heteroatoms. The fourth-order valence-electron chi connectivity index (χ4n) is 3.28. The number of ketones is 1. The van der Waals surface area contributed by atoms with Crippen LogP contribution in [0.4, 0.5) is 0 Å². The zero-order valence-corrected chi connectivity index (χ0v) is 15.7. The largest absolute Gasteiger partial charge is 0.299 e. The highest BCUT2D eigenvalue weighted by atomic mass is 16.1. The summed E-state index contributed by atoms with van der Waals surface area (Å²) in [6.07, 6.45) is 2.90. The number of hydrogen-bond donors (Lipinski definition) is 0. The lowest BCUT2D eigenvalue weighted by atomic mass is 9.92. The van der Waals surface area contributed by atoms with E-state index >= 15 is 0 Å². The van der Waals surface area contributed by atoms with Crippen molar-refractivity contribution in [1.29, 1.82) is 0 Å². The van der Waals surface area contributed by atoms with Crippen molar-refractivity contribution in [2.24, 2.45) is 0 Å². The SMILES string of the molecule is Cc1cccc(C(C)CC(=O)Cc2ccc(-c3ccnc(C)c3)cc2)c1. The standard InChI is InChI=1S/C24H25NO/c1-17-5-4-6-22(13-17)18(2)14-24(26)16-20-7-9-21(10-8-20)23-11-12-25-19(3)15-23/h4-13,15,18H,14,16H2,1-3H3. The van der Waals surface area contributed by atoms with Crippen molar-refractivity contribution in [2.45, 2.75) is 39.5 Å². The molecule has 0 N–H and O–H groups in total. The molecule has 0 aliphatic carbocycles. The molecule has 2 aromatic carbocycles. The highest BCUT2D eigenvalue weighted by molar-refractivity contribution is 5.82. The Morgan fingerprint density at radius 3 is 2.42 bits per heavy atom. The minimum Gasteiger partial charge on any atom is -0.299 e. The molecule has 0 amide bonds. The number of hydrogen-bond acceptors (Lipinski definition) is 2. The summed E-state index contributed by atoms with van der Waals surface area (Å²) in [6, 6.07) is 20.8. The molecule has 0 radical (unpaired) electrons. The van der Waals surface area contributed by atoms with Crippen molar-refractivity contribution >= 4 is 5.78 Å². The van der Waals surface area contributed by atoms with Gasteiger partial charge in [-0.2, -0.15) is 0 Å². The Kier molecular flexibility index (Phi) is 5.62. The number of carbonyl (C=O) groups is 1. The number of nitrogens with zero attached hydrogens (tertiary/aromatic N) is 1. The van der Waals surface area contributed by atoms with Crippen molar-refractivity contribution in [3.05, 3.63) is 89.2 Å². The maximum atomic E-state index is 12.5. The molecule has 0 fully saturated rings. The third kappa shape index (κ3) is 4.66. The number of carbonyl (C=O) groups excluding carboxylic acids is 1. The molecule has 1 atom stereocenters. The van der Waals surface area contributed by atoms with Crippen molar-refractivity contribution in [3.8, 4) is 11.1 Å². The van der Waals surface area contributed by atoms with E-state index in [-0.39, 0.29) is 11.7 Å². The third-order valence-corrected chi connectivity index (χ3v) is 4.73. The van der Waals surface area contributed by atoms with Gasteiger partial charge in [0.1, 0.15) is 5.78 Å². The lowest BCUT2D eigenvalue weighted by molar-refractivity contribution is -0.118. The van der Waals surface area contributed by atoms with Gasteiger partial charge in [0.2, 0.25) is 0 Å². The van der Waals surface area contributed by atoms with E-state index in [0.717, 1.165) is 22.4 Å². The molecule has 132 valence electrons. The Hall–Kier alpha value is -2.74. The van der Waals surface area contributed by atoms with Crippen LogP contribution in [0, 0.1) is 13.8 Å². The van der Waals surface area contributed by atoms with Crippen LogP contribution in [-0.2, 0) is 11.2 Å². The van der Waals surface area contributed by atoms with E-state index in [9.17, 15) is 4.79 Å². The summed E-state index contributed by atoms with van der Waals surface area (Å²) in [5.74, 6) is 0.535. The lowest BCUT2D eigenvalue weighted by Gasteiger charge is -2.12. The zero-order valence-electron chi connectivity index (χ0n) is 15.7. The van der Waals surface area contributed by atoms with Gasteiger partial charge in [-0.25, -0.2) is 0 Å². The average Bonchev–Trinajstić information content (AvgIpc) is 2.62. The predicted octanol–water partition coefficient (Wildman–Crippen LogP) is 5.67. The first-order chi connectivity index (χ1) is 12.5. The zero-order chi connectivity index (χ0) is 18.5. The highest BCUT2D eigenvalue weighted by Crippen LogP contribution is 2.23. The van der Waals surface area contributed by atoms with Crippen LogP contribution < -0.4 is 0 Å². The van der Waals surface area contributed by atoms with Crippen LogP contribution >= 0.6 is 0 Å². The molecule has 3 rings (SSSR count). The van der Waals surface area contributed by atoms with Crippen molar-refractivity contribution in [2.75, 3.05) is 0 Å². The van der Waals surface area contributed by atoms with Gasteiger partial charge in [-0.1, -0.05) is 61.0 Å². The minimum absolute atomic E-state index is 0.251. The summed E-state index contributed by atoms with van der Waals surface area (Å²) in [4.78, 5) is 16.7. The summed E-state index contributed by atoms with van der Waals surface area (Å²) in [7, 11) is 0. The molecule has 0 aliphatic heterocycles. The van der Waals surface area contributed by atoms with E-state index in [4.69, 9.17) is 0 Å². The molecule has 2 nitrogen and oxygen atoms in total. The smallest absolute Gasteiger partial charge is 0.137 e. The van der Waals surface area contributed by atoms with Gasteiger partial charge in [-0.3, -0.25) is 9.78 Å². The molecule has 1 aromatic heterocycles. The molecule has 3 aromatic rings. The topological polar surface area (TPSA) is 30.0 Å². The van der Waals surface area contributed by atoms with Crippen LogP contribution in [0.25, 0.3) is 11.1 Å². The van der Waals surface area contributed by atoms with E-state index in [2.05, 4.69) is 73.4 Å². The second-order valence-corrected chi connectivity index (χ2v) is 7.12. The Balaban J connectivity index is 1.62. The van der Waals surface area contributed by atoms with Crippen molar-refractivity contribution in [1.82, 2.24) is 4.98 Å². The fraction of sp³-hybridized carbons (Fsp3) is 0.250. The third-order valence-electron chi connectivity index (χ3n) is 4.73. The summed E-state index contributed by atoms with van der Waals surface area (Å²) in [6.45, 7) is 6.21. The molecule has 0 bridgehead atoms. The number of pyridine rings is 1. The molecule has 0 spiro atoms. The number of benzene rings is 2. The maximum absolute atomic E-state index is 12.5. The van der Waals surface area contributed by atoms with Gasteiger partial charge in [0, 0.05) is 24.7 Å². The minimum atomic E-state index is 0.251. The molecule has 1 unspecified atom stereocenters. The molecule has 0 saturated carbocycles. The van der Waals surface area contributed by atoms with Crippen LogP contribution in [0.5, 0.6) is 0 Å². The van der Waals surface area contributed by atoms with Crippen molar-refractivity contribution in [3.63, 3.8) is 0 Å². The molecule has 0 saturated heterocycles. The van der Waals surface area contributed by atoms with Gasteiger partial charge >= 0.3 is 0 Å². The van der Waals surface area contributed by atoms with Crippen LogP contribution in [0.1, 0.15) is 41.6 Å². The summed E-state index contributed by atoms with van der Waals surface area (Å²) < 4.78 is 0. The van der Waals surface area contributed by atoms with Gasteiger partial charge in [0.15, 0.2) is 0 Å². The first kappa shape index (κ1) is 18.1. The summed E-state index contributed by atoms with van der Waals surface area (Å²) in [5.41, 5.74) is 6.86. The Morgan fingerprint density at radius 2 is 1.73 bits per heavy atom. The van der Waals surface area contributed by atoms with E-state index in [0.29, 0.717) is 12.8 Å². The number of aryl methyl sites for hydroxylation is 2. The monoisotopic (exact) mass is 343 g/mol. The lowest BCUT2D eigenvalue weighted by Crippen LogP contribution is -2.07. The average molecular weight is 343 g/mol. The second-order valence-electron chi connectivity index (χ2n) is 7.12. The molecular formula is C24H25NO. The second kappa shape index (κ2) is 8.09. The first-order valence-electron chi connectivity index (χ1n) is 9.11. The number of aromatic nitrogens is 1. The van der Waals surface area contributed by atoms with E-state index in [1.807, 2.05) is 19.2 Å². The molecular weight excluding hydrogens is 318 g/mol. The number of Topliss-reactive ketones (excluding diaryl/α,β-unsaturated/α-hetero) is 1. The van der Waals surface area contributed by atoms with Gasteiger partial charge in [-0.05, 0) is 54.2 Å². The van der Waals surface area contributed by atoms with E-state index < -0.39 is 0 Å². The van der Waals surface area contributed by atoms with Crippen LogP contribution in [-0.4, -0.2) is 10.8 Å². The van der Waals surface area contributed by atoms with Gasteiger partial charge in [0.05, 0.1) is 0 Å². The summed E-state index contributed by atoms with van der Waals surface area (Å²) >= 11 is 0. The quantitative estimate of drug-likeness (QED) is 0.577. The van der Waals surface area contributed by atoms with Gasteiger partial charge < -0.3 is 0 Å². The predicted molar refractivity (Wildman–Crippen MR) is 107 cm³/mol. The Bertz CT molecular complexity index is 896. The normalized spacial score (nSPS) is 12.0. The summed E-state index contributed by atoms with van der Waals surface area (Å²) in [5, 5.41) is 0. The molecule has 26 heavy (non-hydrogen) atoms. The highest BCUT2D eigenvalue weighted by Gasteiger charge is 2.12. The number of rotatable bonds is 6. The maximum Gasteiger partial charge on any atom is 0.137 e. The molecule has 0 aliphatic rings. The van der Waals surface area contributed by atoms with Gasteiger partial charge in [-0.15, -0.1) is 0 Å². The fourth-order valence-corrected chi connectivity index (χ4v) is 3.28. The van der Waals surface area contributed by atoms with E-state index in [1.54, 1.807) is 0 Å². The van der Waals surface area contributed by atoms with Gasteiger partial charge in [0.25, 0.3) is 0 Å². The Morgan fingerprint density at radius 1 is 0.962 bits per heavy atom. The van der Waals surface area contributed by atoms with E-state index in [1.165, 1.54) is 11.1 Å². The first-order valence-corrected chi connectivity index (χ1v) is 9.11. The van der Waals surface area contributed by atoms with Crippen LogP contribution in [0.15, 0.2) is 66.9 Å². The Labute approximate surface area is 155 Å². The van der Waals surface area contributed by atoms with Crippen LogP contribution in [0.2, 0.25) is 0 Å². The van der Waals surface area contributed by atoms with Crippen LogP contribution in [0.3, 0.4) is 0 Å². The van der Waals surface area contributed by atoms with Crippen molar-refractivity contribution < 1.29 is 4.79 Å².